The molecular weight excluding hydrogens is 342 g/mol. The van der Waals surface area contributed by atoms with Crippen LogP contribution in [0.4, 0.5) is 4.79 Å². The number of nitrogens with zero attached hydrogens (tertiary/aromatic N) is 1. The molecule has 2 aromatic rings. The first-order valence-electron chi connectivity index (χ1n) is 7.55. The Hall–Kier alpha value is -1.92. The lowest BCUT2D eigenvalue weighted by molar-refractivity contribution is -0.123. The summed E-state index contributed by atoms with van der Waals surface area (Å²) in [4.78, 5) is 26.9. The van der Waals surface area contributed by atoms with E-state index in [4.69, 9.17) is 4.42 Å². The van der Waals surface area contributed by atoms with Crippen molar-refractivity contribution >= 4 is 40.7 Å². The van der Waals surface area contributed by atoms with E-state index in [1.165, 1.54) is 22.2 Å². The molecule has 6 heteroatoms. The number of carbonyl (C=O) groups excluding carboxylic acids is 2. The molecule has 0 N–H and O–H groups in total. The molecule has 0 unspecified atom stereocenters. The summed E-state index contributed by atoms with van der Waals surface area (Å²) in [6, 6.07) is 11.7. The smallest absolute Gasteiger partial charge is 0.293 e. The SMILES string of the molecule is Cc1ccc(Sc2ccc(/C=C3/SC(=O)N(C(C)C)C3=O)o2)cc1. The molecule has 3 rings (SSSR count). The van der Waals surface area contributed by atoms with Gasteiger partial charge in [-0.15, -0.1) is 0 Å². The monoisotopic (exact) mass is 359 g/mol. The molecule has 4 nitrogen and oxygen atoms in total. The Morgan fingerprint density at radius 3 is 2.46 bits per heavy atom. The highest BCUT2D eigenvalue weighted by Crippen LogP contribution is 2.35. The van der Waals surface area contributed by atoms with Crippen molar-refractivity contribution in [3.8, 4) is 0 Å². The predicted molar refractivity (Wildman–Crippen MR) is 97.0 cm³/mol. The Bertz CT molecular complexity index is 806. The first-order chi connectivity index (χ1) is 11.4. The van der Waals surface area contributed by atoms with E-state index in [2.05, 4.69) is 0 Å². The van der Waals surface area contributed by atoms with Crippen LogP contribution in [-0.4, -0.2) is 22.1 Å². The van der Waals surface area contributed by atoms with E-state index in [1.54, 1.807) is 12.1 Å². The summed E-state index contributed by atoms with van der Waals surface area (Å²) < 4.78 is 5.75. The van der Waals surface area contributed by atoms with Gasteiger partial charge in [0.2, 0.25) is 0 Å². The number of hydrogen-bond donors (Lipinski definition) is 0. The number of amides is 2. The number of aryl methyl sites for hydroxylation is 1. The van der Waals surface area contributed by atoms with Crippen molar-refractivity contribution < 1.29 is 14.0 Å². The van der Waals surface area contributed by atoms with Crippen LogP contribution >= 0.6 is 23.5 Å². The van der Waals surface area contributed by atoms with Gasteiger partial charge in [0.15, 0.2) is 5.09 Å². The molecule has 1 aliphatic heterocycles. The second-order valence-corrected chi connectivity index (χ2v) is 7.79. The molecule has 0 aliphatic carbocycles. The van der Waals surface area contributed by atoms with Gasteiger partial charge in [-0.25, -0.2) is 0 Å². The fourth-order valence-electron chi connectivity index (χ4n) is 2.24. The molecular formula is C18H17NO3S2. The molecule has 0 spiro atoms. The van der Waals surface area contributed by atoms with Crippen molar-refractivity contribution in [2.75, 3.05) is 0 Å². The first kappa shape index (κ1) is 16.9. The topological polar surface area (TPSA) is 50.5 Å². The van der Waals surface area contributed by atoms with Gasteiger partial charge in [-0.05, 0) is 56.8 Å². The summed E-state index contributed by atoms with van der Waals surface area (Å²) in [7, 11) is 0. The van der Waals surface area contributed by atoms with Gasteiger partial charge in [0, 0.05) is 17.0 Å². The molecule has 2 amide bonds. The maximum absolute atomic E-state index is 12.3. The van der Waals surface area contributed by atoms with Crippen molar-refractivity contribution in [1.82, 2.24) is 4.90 Å². The predicted octanol–water partition coefficient (Wildman–Crippen LogP) is 5.18. The van der Waals surface area contributed by atoms with E-state index < -0.39 is 0 Å². The fraction of sp³-hybridized carbons (Fsp3) is 0.222. The third kappa shape index (κ3) is 3.60. The van der Waals surface area contributed by atoms with Crippen molar-refractivity contribution in [2.45, 2.75) is 36.8 Å². The Kier molecular flexibility index (Phi) is 4.87. The van der Waals surface area contributed by atoms with E-state index in [9.17, 15) is 9.59 Å². The van der Waals surface area contributed by atoms with Gasteiger partial charge in [-0.1, -0.05) is 29.5 Å². The summed E-state index contributed by atoms with van der Waals surface area (Å²) in [5.74, 6) is 0.308. The number of carbonyl (C=O) groups is 2. The van der Waals surface area contributed by atoms with Gasteiger partial charge < -0.3 is 4.42 Å². The molecule has 24 heavy (non-hydrogen) atoms. The van der Waals surface area contributed by atoms with Crippen molar-refractivity contribution in [3.63, 3.8) is 0 Å². The van der Waals surface area contributed by atoms with Gasteiger partial charge in [0.25, 0.3) is 11.1 Å². The molecule has 0 bridgehead atoms. The standard InChI is InChI=1S/C18H17NO3S2/c1-11(2)19-17(20)15(24-18(19)21)10-13-6-9-16(22-13)23-14-7-4-12(3)5-8-14/h4-11H,1-3H3/b15-10+. The maximum Gasteiger partial charge on any atom is 0.293 e. The number of thioether (sulfide) groups is 1. The molecule has 0 saturated carbocycles. The Morgan fingerprint density at radius 2 is 1.83 bits per heavy atom. The van der Waals surface area contributed by atoms with Crippen LogP contribution in [0.2, 0.25) is 0 Å². The van der Waals surface area contributed by atoms with Gasteiger partial charge in [0.05, 0.1) is 4.91 Å². The molecule has 1 saturated heterocycles. The van der Waals surface area contributed by atoms with E-state index in [-0.39, 0.29) is 17.2 Å². The highest BCUT2D eigenvalue weighted by atomic mass is 32.2. The van der Waals surface area contributed by atoms with Crippen molar-refractivity contribution in [2.24, 2.45) is 0 Å². The van der Waals surface area contributed by atoms with Crippen LogP contribution < -0.4 is 0 Å². The van der Waals surface area contributed by atoms with Gasteiger partial charge in [-0.2, -0.15) is 0 Å². The average molecular weight is 359 g/mol. The van der Waals surface area contributed by atoms with Crippen molar-refractivity contribution in [1.29, 1.82) is 0 Å². The minimum absolute atomic E-state index is 0.146. The van der Waals surface area contributed by atoms with E-state index in [0.717, 1.165) is 21.7 Å². The molecule has 0 atom stereocenters. The van der Waals surface area contributed by atoms with Crippen LogP contribution in [0, 0.1) is 6.92 Å². The number of furan rings is 1. The van der Waals surface area contributed by atoms with E-state index in [1.807, 2.05) is 51.1 Å². The normalized spacial score (nSPS) is 16.7. The lowest BCUT2D eigenvalue weighted by Gasteiger charge is -2.16. The Balaban J connectivity index is 1.75. The largest absolute Gasteiger partial charge is 0.450 e. The van der Waals surface area contributed by atoms with Crippen LogP contribution in [-0.2, 0) is 4.79 Å². The van der Waals surface area contributed by atoms with Gasteiger partial charge in [0.1, 0.15) is 5.76 Å². The summed E-state index contributed by atoms with van der Waals surface area (Å²) in [6.45, 7) is 5.69. The molecule has 1 aliphatic rings. The quantitative estimate of drug-likeness (QED) is 0.704. The van der Waals surface area contributed by atoms with Gasteiger partial charge in [-0.3, -0.25) is 14.5 Å². The molecule has 124 valence electrons. The van der Waals surface area contributed by atoms with E-state index >= 15 is 0 Å². The van der Waals surface area contributed by atoms with Crippen LogP contribution in [0.1, 0.15) is 25.2 Å². The lowest BCUT2D eigenvalue weighted by Crippen LogP contribution is -2.34. The molecule has 1 aromatic heterocycles. The highest BCUT2D eigenvalue weighted by Gasteiger charge is 2.36. The third-order valence-electron chi connectivity index (χ3n) is 3.45. The second-order valence-electron chi connectivity index (χ2n) is 5.72. The minimum atomic E-state index is -0.260. The molecule has 1 aromatic carbocycles. The summed E-state index contributed by atoms with van der Waals surface area (Å²) in [6.07, 6.45) is 1.63. The maximum atomic E-state index is 12.3. The van der Waals surface area contributed by atoms with Gasteiger partial charge >= 0.3 is 0 Å². The number of rotatable bonds is 4. The zero-order chi connectivity index (χ0) is 17.3. The molecule has 0 radical (unpaired) electrons. The Morgan fingerprint density at radius 1 is 1.12 bits per heavy atom. The second kappa shape index (κ2) is 6.91. The summed E-state index contributed by atoms with van der Waals surface area (Å²) in [5.41, 5.74) is 1.21. The molecule has 2 heterocycles. The lowest BCUT2D eigenvalue weighted by atomic mass is 10.2. The third-order valence-corrected chi connectivity index (χ3v) is 5.27. The number of imide groups is 1. The Labute approximate surface area is 149 Å². The van der Waals surface area contributed by atoms with E-state index in [0.29, 0.717) is 10.7 Å². The molecule has 1 fully saturated rings. The fourth-order valence-corrected chi connectivity index (χ4v) is 3.96. The summed E-state index contributed by atoms with van der Waals surface area (Å²) >= 11 is 2.47. The van der Waals surface area contributed by atoms with Crippen LogP contribution in [0.25, 0.3) is 6.08 Å². The van der Waals surface area contributed by atoms with Crippen LogP contribution in [0.3, 0.4) is 0 Å². The van der Waals surface area contributed by atoms with Crippen LogP contribution in [0.5, 0.6) is 0 Å². The van der Waals surface area contributed by atoms with Crippen LogP contribution in [0.15, 0.2) is 55.7 Å². The first-order valence-corrected chi connectivity index (χ1v) is 9.19. The zero-order valence-electron chi connectivity index (χ0n) is 13.6. The van der Waals surface area contributed by atoms with Crippen molar-refractivity contribution in [3.05, 3.63) is 52.6 Å². The number of hydrogen-bond acceptors (Lipinski definition) is 5. The zero-order valence-corrected chi connectivity index (χ0v) is 15.2. The summed E-state index contributed by atoms with van der Waals surface area (Å²) in [5, 5.41) is 0.509. The minimum Gasteiger partial charge on any atom is -0.450 e. The highest BCUT2D eigenvalue weighted by molar-refractivity contribution is 8.18. The average Bonchev–Trinajstić information content (AvgIpc) is 3.06. The number of benzene rings is 1.